The molecular weight excluding hydrogens is 252 g/mol. The molecule has 2 nitrogen and oxygen atoms in total. The lowest BCUT2D eigenvalue weighted by Gasteiger charge is -2.34. The van der Waals surface area contributed by atoms with E-state index in [-0.39, 0.29) is 0 Å². The summed E-state index contributed by atoms with van der Waals surface area (Å²) in [6, 6.07) is 15.8. The smallest absolute Gasteiger partial charge is 0.0697 e. The van der Waals surface area contributed by atoms with Crippen LogP contribution in [0.15, 0.2) is 42.5 Å². The molecule has 1 saturated heterocycles. The standard InChI is InChI=1S/C16H20N2S/c1-13-7-8-15(19-13)16(14-5-3-2-4-6-14)18-11-9-17-10-12-18/h2-8,16-17H,9-12H2,1H3. The largest absolute Gasteiger partial charge is 0.314 e. The molecule has 0 aliphatic carbocycles. The van der Waals surface area contributed by atoms with E-state index in [4.69, 9.17) is 0 Å². The summed E-state index contributed by atoms with van der Waals surface area (Å²) in [6.45, 7) is 6.61. The molecule has 1 aliphatic rings. The normalized spacial score (nSPS) is 18.4. The third-order valence-corrected chi connectivity index (χ3v) is 4.72. The van der Waals surface area contributed by atoms with Gasteiger partial charge in [0.15, 0.2) is 0 Å². The van der Waals surface area contributed by atoms with Gasteiger partial charge in [-0.25, -0.2) is 0 Å². The number of benzene rings is 1. The Balaban J connectivity index is 1.95. The molecule has 1 fully saturated rings. The van der Waals surface area contributed by atoms with E-state index in [0.717, 1.165) is 26.2 Å². The van der Waals surface area contributed by atoms with E-state index >= 15 is 0 Å². The molecule has 1 aromatic heterocycles. The SMILES string of the molecule is Cc1ccc(C(c2ccccc2)N2CCNCC2)s1. The fraction of sp³-hybridized carbons (Fsp3) is 0.375. The van der Waals surface area contributed by atoms with Crippen molar-refractivity contribution in [2.75, 3.05) is 26.2 Å². The van der Waals surface area contributed by atoms with Crippen LogP contribution in [0.5, 0.6) is 0 Å². The van der Waals surface area contributed by atoms with Gasteiger partial charge in [0.2, 0.25) is 0 Å². The van der Waals surface area contributed by atoms with Crippen molar-refractivity contribution in [1.82, 2.24) is 10.2 Å². The van der Waals surface area contributed by atoms with Crippen LogP contribution in [0.4, 0.5) is 0 Å². The zero-order chi connectivity index (χ0) is 13.1. The molecule has 0 bridgehead atoms. The average Bonchev–Trinajstić information content (AvgIpc) is 2.88. The fourth-order valence-electron chi connectivity index (χ4n) is 2.73. The van der Waals surface area contributed by atoms with E-state index in [0.29, 0.717) is 6.04 Å². The summed E-state index contributed by atoms with van der Waals surface area (Å²) < 4.78 is 0. The number of nitrogens with zero attached hydrogens (tertiary/aromatic N) is 1. The van der Waals surface area contributed by atoms with Gasteiger partial charge >= 0.3 is 0 Å². The van der Waals surface area contributed by atoms with Crippen molar-refractivity contribution in [1.29, 1.82) is 0 Å². The monoisotopic (exact) mass is 272 g/mol. The lowest BCUT2D eigenvalue weighted by molar-refractivity contribution is 0.200. The highest BCUT2D eigenvalue weighted by Gasteiger charge is 2.24. The lowest BCUT2D eigenvalue weighted by atomic mass is 10.0. The highest BCUT2D eigenvalue weighted by molar-refractivity contribution is 7.12. The zero-order valence-corrected chi connectivity index (χ0v) is 12.1. The lowest BCUT2D eigenvalue weighted by Crippen LogP contribution is -2.45. The van der Waals surface area contributed by atoms with E-state index in [1.165, 1.54) is 15.3 Å². The first-order valence-electron chi connectivity index (χ1n) is 6.90. The topological polar surface area (TPSA) is 15.3 Å². The minimum Gasteiger partial charge on any atom is -0.314 e. The Morgan fingerprint density at radius 3 is 2.42 bits per heavy atom. The van der Waals surface area contributed by atoms with Gasteiger partial charge in [-0.15, -0.1) is 11.3 Å². The Bertz CT molecular complexity index is 515. The summed E-state index contributed by atoms with van der Waals surface area (Å²) >= 11 is 1.92. The predicted molar refractivity (Wildman–Crippen MR) is 81.8 cm³/mol. The Hall–Kier alpha value is -1.16. The first kappa shape index (κ1) is 12.9. The summed E-state index contributed by atoms with van der Waals surface area (Å²) in [6.07, 6.45) is 0. The minimum atomic E-state index is 0.419. The van der Waals surface area contributed by atoms with Crippen molar-refractivity contribution >= 4 is 11.3 Å². The van der Waals surface area contributed by atoms with Gasteiger partial charge in [-0.1, -0.05) is 30.3 Å². The van der Waals surface area contributed by atoms with Gasteiger partial charge < -0.3 is 5.32 Å². The Labute approximate surface area is 119 Å². The van der Waals surface area contributed by atoms with Crippen molar-refractivity contribution in [3.63, 3.8) is 0 Å². The highest BCUT2D eigenvalue weighted by atomic mass is 32.1. The predicted octanol–water partition coefficient (Wildman–Crippen LogP) is 3.05. The molecule has 0 saturated carbocycles. The quantitative estimate of drug-likeness (QED) is 0.924. The van der Waals surface area contributed by atoms with Crippen LogP contribution in [-0.2, 0) is 0 Å². The molecule has 0 radical (unpaired) electrons. The molecule has 100 valence electrons. The van der Waals surface area contributed by atoms with E-state index in [1.807, 2.05) is 11.3 Å². The van der Waals surface area contributed by atoms with Gasteiger partial charge in [0.05, 0.1) is 6.04 Å². The maximum absolute atomic E-state index is 3.44. The molecule has 1 unspecified atom stereocenters. The molecule has 0 spiro atoms. The molecule has 2 aromatic rings. The van der Waals surface area contributed by atoms with Gasteiger partial charge in [-0.3, -0.25) is 4.90 Å². The maximum Gasteiger partial charge on any atom is 0.0697 e. The van der Waals surface area contributed by atoms with Gasteiger partial charge in [-0.2, -0.15) is 0 Å². The molecule has 3 rings (SSSR count). The average molecular weight is 272 g/mol. The van der Waals surface area contributed by atoms with Crippen molar-refractivity contribution in [2.45, 2.75) is 13.0 Å². The van der Waals surface area contributed by atoms with Crippen LogP contribution in [-0.4, -0.2) is 31.1 Å². The third kappa shape index (κ3) is 2.89. The summed E-state index contributed by atoms with van der Waals surface area (Å²) in [4.78, 5) is 5.45. The molecule has 0 amide bonds. The fourth-order valence-corrected chi connectivity index (χ4v) is 3.77. The second-order valence-corrected chi connectivity index (χ2v) is 6.37. The molecule has 1 aromatic carbocycles. The van der Waals surface area contributed by atoms with Gasteiger partial charge in [0.25, 0.3) is 0 Å². The first-order valence-corrected chi connectivity index (χ1v) is 7.72. The van der Waals surface area contributed by atoms with Crippen LogP contribution in [0.25, 0.3) is 0 Å². The van der Waals surface area contributed by atoms with E-state index in [1.54, 1.807) is 0 Å². The second kappa shape index (κ2) is 5.87. The zero-order valence-electron chi connectivity index (χ0n) is 11.3. The number of aryl methyl sites for hydroxylation is 1. The van der Waals surface area contributed by atoms with Crippen LogP contribution in [0.3, 0.4) is 0 Å². The van der Waals surface area contributed by atoms with Crippen LogP contribution in [0, 0.1) is 6.92 Å². The summed E-state index contributed by atoms with van der Waals surface area (Å²) in [5.74, 6) is 0. The number of nitrogens with one attached hydrogen (secondary N) is 1. The van der Waals surface area contributed by atoms with E-state index < -0.39 is 0 Å². The van der Waals surface area contributed by atoms with Gasteiger partial charge in [-0.05, 0) is 24.6 Å². The molecule has 3 heteroatoms. The van der Waals surface area contributed by atoms with Crippen LogP contribution < -0.4 is 5.32 Å². The van der Waals surface area contributed by atoms with Crippen LogP contribution in [0.1, 0.15) is 21.4 Å². The highest BCUT2D eigenvalue weighted by Crippen LogP contribution is 2.33. The second-order valence-electron chi connectivity index (χ2n) is 5.05. The summed E-state index contributed by atoms with van der Waals surface area (Å²) in [7, 11) is 0. The molecular formula is C16H20N2S. The van der Waals surface area contributed by atoms with Crippen molar-refractivity contribution < 1.29 is 0 Å². The maximum atomic E-state index is 3.44. The number of piperazine rings is 1. The van der Waals surface area contributed by atoms with E-state index in [9.17, 15) is 0 Å². The molecule has 19 heavy (non-hydrogen) atoms. The van der Waals surface area contributed by atoms with Gasteiger partial charge in [0.1, 0.15) is 0 Å². The van der Waals surface area contributed by atoms with Gasteiger partial charge in [0, 0.05) is 35.9 Å². The van der Waals surface area contributed by atoms with Crippen LogP contribution in [0.2, 0.25) is 0 Å². The third-order valence-electron chi connectivity index (χ3n) is 3.66. The first-order chi connectivity index (χ1) is 9.34. The summed E-state index contributed by atoms with van der Waals surface area (Å²) in [5.41, 5.74) is 1.41. The van der Waals surface area contributed by atoms with E-state index in [2.05, 4.69) is 59.6 Å². The molecule has 1 atom stereocenters. The molecule has 2 heterocycles. The molecule has 1 N–H and O–H groups in total. The number of thiophene rings is 1. The minimum absolute atomic E-state index is 0.419. The molecule has 1 aliphatic heterocycles. The number of hydrogen-bond acceptors (Lipinski definition) is 3. The number of rotatable bonds is 3. The summed E-state index contributed by atoms with van der Waals surface area (Å²) in [5, 5.41) is 3.44. The van der Waals surface area contributed by atoms with Crippen molar-refractivity contribution in [3.05, 3.63) is 57.8 Å². The van der Waals surface area contributed by atoms with Crippen molar-refractivity contribution in [3.8, 4) is 0 Å². The van der Waals surface area contributed by atoms with Crippen LogP contribution >= 0.6 is 11.3 Å². The van der Waals surface area contributed by atoms with Crippen molar-refractivity contribution in [2.24, 2.45) is 0 Å². The Kier molecular flexibility index (Phi) is 3.97. The number of hydrogen-bond donors (Lipinski definition) is 1. The Morgan fingerprint density at radius 1 is 1.05 bits per heavy atom. The Morgan fingerprint density at radius 2 is 1.79 bits per heavy atom.